The molecule has 0 aliphatic rings. The second-order valence-electron chi connectivity index (χ2n) is 8.21. The number of benzene rings is 1. The fourth-order valence-corrected chi connectivity index (χ4v) is 3.19. The highest BCUT2D eigenvalue weighted by atomic mass is 19.4. The molecule has 1 aromatic carbocycles. The zero-order chi connectivity index (χ0) is 25.5. The number of nitrogens with zero attached hydrogens (tertiary/aromatic N) is 2. The third-order valence-electron chi connectivity index (χ3n) is 5.05. The molecule has 0 atom stereocenters. The summed E-state index contributed by atoms with van der Waals surface area (Å²) in [4.78, 5) is 33.4. The molecule has 180 valence electrons. The molecule has 0 radical (unpaired) electrons. The van der Waals surface area contributed by atoms with Crippen molar-refractivity contribution < 1.29 is 31.1 Å². The zero-order valence-electron chi connectivity index (χ0n) is 17.8. The SMILES string of the molecule is CC(C)(Cc1ccc(C(F)(F)F)c(-c2nc(-c3ccc(C(F)(F)F)nc3)cc(=O)[nH]2)c1)C(N)=O. The van der Waals surface area contributed by atoms with Gasteiger partial charge in [-0.25, -0.2) is 4.98 Å². The van der Waals surface area contributed by atoms with Gasteiger partial charge in [-0.2, -0.15) is 26.3 Å². The molecule has 0 bridgehead atoms. The molecule has 6 nitrogen and oxygen atoms in total. The van der Waals surface area contributed by atoms with Gasteiger partial charge in [-0.1, -0.05) is 19.9 Å². The van der Waals surface area contributed by atoms with Crippen LogP contribution in [0.2, 0.25) is 0 Å². The number of H-pyrrole nitrogens is 1. The van der Waals surface area contributed by atoms with Crippen LogP contribution in [-0.2, 0) is 23.6 Å². The number of hydrogen-bond acceptors (Lipinski definition) is 4. The Morgan fingerprint density at radius 1 is 1.00 bits per heavy atom. The predicted octanol–water partition coefficient (Wildman–Crippen LogP) is 4.59. The molecular weight excluding hydrogens is 466 g/mol. The van der Waals surface area contributed by atoms with Crippen molar-refractivity contribution in [3.8, 4) is 22.6 Å². The van der Waals surface area contributed by atoms with Crippen LogP contribution < -0.4 is 11.3 Å². The lowest BCUT2D eigenvalue weighted by Gasteiger charge is -2.21. The standard InChI is InChI=1S/C22H18F6N4O2/c1-20(2,19(29)34)9-11-3-5-14(21(23,24)25)13(7-11)18-31-15(8-17(33)32-18)12-4-6-16(30-10-12)22(26,27)28/h3-8,10H,9H2,1-2H3,(H2,29,34)(H,31,32,33). The second-order valence-corrected chi connectivity index (χ2v) is 8.21. The average Bonchev–Trinajstić information content (AvgIpc) is 2.71. The fourth-order valence-electron chi connectivity index (χ4n) is 3.19. The fraction of sp³-hybridized carbons (Fsp3) is 0.273. The van der Waals surface area contributed by atoms with Gasteiger partial charge in [0.2, 0.25) is 5.91 Å². The summed E-state index contributed by atoms with van der Waals surface area (Å²) >= 11 is 0. The van der Waals surface area contributed by atoms with Crippen LogP contribution in [-0.4, -0.2) is 20.9 Å². The van der Waals surface area contributed by atoms with Crippen molar-refractivity contribution in [3.63, 3.8) is 0 Å². The number of hydrogen-bond donors (Lipinski definition) is 2. The van der Waals surface area contributed by atoms with E-state index in [2.05, 4.69) is 15.0 Å². The van der Waals surface area contributed by atoms with Crippen LogP contribution in [0.3, 0.4) is 0 Å². The van der Waals surface area contributed by atoms with E-state index in [1.54, 1.807) is 0 Å². The summed E-state index contributed by atoms with van der Waals surface area (Å²) in [5.74, 6) is -1.11. The van der Waals surface area contributed by atoms with E-state index in [1.807, 2.05) is 0 Å². The summed E-state index contributed by atoms with van der Waals surface area (Å²) in [5.41, 5.74) is 0.883. The number of pyridine rings is 1. The zero-order valence-corrected chi connectivity index (χ0v) is 17.8. The van der Waals surface area contributed by atoms with Crippen LogP contribution in [0, 0.1) is 5.41 Å². The summed E-state index contributed by atoms with van der Waals surface area (Å²) in [6.07, 6.45) is -8.66. The minimum absolute atomic E-state index is 0.0000694. The molecule has 0 aliphatic carbocycles. The summed E-state index contributed by atoms with van der Waals surface area (Å²) in [5, 5.41) is 0. The molecule has 34 heavy (non-hydrogen) atoms. The van der Waals surface area contributed by atoms with Gasteiger partial charge < -0.3 is 10.7 Å². The number of carbonyl (C=O) groups is 1. The number of primary amides is 1. The van der Waals surface area contributed by atoms with Gasteiger partial charge in [-0.05, 0) is 36.2 Å². The molecule has 0 aliphatic heterocycles. The van der Waals surface area contributed by atoms with Crippen molar-refractivity contribution in [2.24, 2.45) is 11.1 Å². The van der Waals surface area contributed by atoms with Gasteiger partial charge in [0.25, 0.3) is 5.56 Å². The Labute approximate surface area is 188 Å². The molecule has 0 spiro atoms. The molecule has 2 aromatic heterocycles. The normalized spacial score (nSPS) is 12.6. The summed E-state index contributed by atoms with van der Waals surface area (Å²) in [7, 11) is 0. The molecule has 0 unspecified atom stereocenters. The van der Waals surface area contributed by atoms with Crippen molar-refractivity contribution in [2.75, 3.05) is 0 Å². The van der Waals surface area contributed by atoms with Crippen molar-refractivity contribution in [1.29, 1.82) is 0 Å². The maximum atomic E-state index is 13.7. The van der Waals surface area contributed by atoms with Crippen molar-refractivity contribution in [3.05, 3.63) is 69.8 Å². The molecule has 0 saturated carbocycles. The number of alkyl halides is 6. The van der Waals surface area contributed by atoms with E-state index in [0.717, 1.165) is 30.5 Å². The van der Waals surface area contributed by atoms with E-state index < -0.39 is 51.9 Å². The third kappa shape index (κ3) is 5.43. The first kappa shape index (κ1) is 24.9. The first-order valence-corrected chi connectivity index (χ1v) is 9.73. The molecular formula is C22H18F6N4O2. The van der Waals surface area contributed by atoms with Crippen LogP contribution in [0.15, 0.2) is 47.4 Å². The van der Waals surface area contributed by atoms with E-state index in [9.17, 15) is 35.9 Å². The molecule has 0 saturated heterocycles. The molecule has 3 N–H and O–H groups in total. The van der Waals surface area contributed by atoms with Crippen LogP contribution in [0.25, 0.3) is 22.6 Å². The molecule has 12 heteroatoms. The number of nitrogens with two attached hydrogens (primary N) is 1. The van der Waals surface area contributed by atoms with Gasteiger partial charge in [0.05, 0.1) is 11.3 Å². The molecule has 3 rings (SSSR count). The van der Waals surface area contributed by atoms with E-state index in [1.165, 1.54) is 19.9 Å². The number of aromatic nitrogens is 3. The Hall–Kier alpha value is -3.70. The van der Waals surface area contributed by atoms with Crippen LogP contribution >= 0.6 is 0 Å². The lowest BCUT2D eigenvalue weighted by atomic mass is 9.84. The van der Waals surface area contributed by atoms with E-state index in [-0.39, 0.29) is 17.7 Å². The summed E-state index contributed by atoms with van der Waals surface area (Å²) in [6.45, 7) is 3.07. The number of carbonyl (C=O) groups excluding carboxylic acids is 1. The molecule has 1 amide bonds. The Morgan fingerprint density at radius 2 is 1.68 bits per heavy atom. The summed E-state index contributed by atoms with van der Waals surface area (Å²) in [6, 6.07) is 5.75. The van der Waals surface area contributed by atoms with Gasteiger partial charge >= 0.3 is 12.4 Å². The van der Waals surface area contributed by atoms with Gasteiger partial charge in [-0.3, -0.25) is 14.6 Å². The maximum Gasteiger partial charge on any atom is 0.433 e. The van der Waals surface area contributed by atoms with Crippen LogP contribution in [0.5, 0.6) is 0 Å². The highest BCUT2D eigenvalue weighted by Crippen LogP contribution is 2.38. The Balaban J connectivity index is 2.14. The molecule has 3 aromatic rings. The minimum Gasteiger partial charge on any atom is -0.369 e. The van der Waals surface area contributed by atoms with Gasteiger partial charge in [-0.15, -0.1) is 0 Å². The largest absolute Gasteiger partial charge is 0.433 e. The number of nitrogens with one attached hydrogen (secondary N) is 1. The van der Waals surface area contributed by atoms with Crippen LogP contribution in [0.4, 0.5) is 26.3 Å². The number of halogens is 6. The quantitative estimate of drug-likeness (QED) is 0.517. The van der Waals surface area contributed by atoms with E-state index in [0.29, 0.717) is 11.6 Å². The number of rotatable bonds is 5. The summed E-state index contributed by atoms with van der Waals surface area (Å²) < 4.78 is 79.4. The lowest BCUT2D eigenvalue weighted by molar-refractivity contribution is -0.141. The van der Waals surface area contributed by atoms with Crippen molar-refractivity contribution >= 4 is 5.91 Å². The van der Waals surface area contributed by atoms with E-state index in [4.69, 9.17) is 5.73 Å². The Morgan fingerprint density at radius 3 is 2.21 bits per heavy atom. The second kappa shape index (κ2) is 8.58. The van der Waals surface area contributed by atoms with E-state index >= 15 is 0 Å². The smallest absolute Gasteiger partial charge is 0.369 e. The minimum atomic E-state index is -4.81. The average molecular weight is 484 g/mol. The monoisotopic (exact) mass is 484 g/mol. The van der Waals surface area contributed by atoms with Crippen molar-refractivity contribution in [1.82, 2.24) is 15.0 Å². The van der Waals surface area contributed by atoms with Crippen LogP contribution in [0.1, 0.15) is 30.7 Å². The Kier molecular flexibility index (Phi) is 6.29. The Bertz CT molecular complexity index is 1280. The highest BCUT2D eigenvalue weighted by Gasteiger charge is 2.35. The topological polar surface area (TPSA) is 102 Å². The van der Waals surface area contributed by atoms with Gasteiger partial charge in [0.15, 0.2) is 0 Å². The molecule has 0 fully saturated rings. The predicted molar refractivity (Wildman–Crippen MR) is 110 cm³/mol. The highest BCUT2D eigenvalue weighted by molar-refractivity contribution is 5.80. The first-order valence-electron chi connectivity index (χ1n) is 9.73. The first-order chi connectivity index (χ1) is 15.6. The number of amides is 1. The maximum absolute atomic E-state index is 13.7. The van der Waals surface area contributed by atoms with Gasteiger partial charge in [0, 0.05) is 28.8 Å². The van der Waals surface area contributed by atoms with Crippen molar-refractivity contribution in [2.45, 2.75) is 32.6 Å². The number of aromatic amines is 1. The molecule has 2 heterocycles. The third-order valence-corrected chi connectivity index (χ3v) is 5.05. The van der Waals surface area contributed by atoms with Gasteiger partial charge in [0.1, 0.15) is 11.5 Å². The lowest BCUT2D eigenvalue weighted by Crippen LogP contribution is -2.33.